The third-order valence-electron chi connectivity index (χ3n) is 2.66. The number of thioether (sulfide) groups is 2. The Labute approximate surface area is 156 Å². The molecule has 2 rings (SSSR count). The van der Waals surface area contributed by atoms with Gasteiger partial charge in [-0.15, -0.1) is 11.8 Å². The number of aliphatic imine (C=N–C) groups is 1. The highest BCUT2D eigenvalue weighted by molar-refractivity contribution is 14.1. The topological polar surface area (TPSA) is 65.0 Å². The smallest absolute Gasteiger partial charge is 0.308 e. The van der Waals surface area contributed by atoms with Crippen LogP contribution in [-0.4, -0.2) is 28.3 Å². The van der Waals surface area contributed by atoms with Crippen molar-refractivity contribution in [3.63, 3.8) is 0 Å². The van der Waals surface area contributed by atoms with E-state index in [2.05, 4.69) is 27.6 Å². The number of halogens is 1. The molecule has 0 spiro atoms. The number of benzene rings is 1. The van der Waals surface area contributed by atoms with Crippen molar-refractivity contribution in [2.45, 2.75) is 13.8 Å². The first-order chi connectivity index (χ1) is 10.9. The zero-order chi connectivity index (χ0) is 17.0. The van der Waals surface area contributed by atoms with Crippen LogP contribution in [0.5, 0.6) is 11.5 Å². The van der Waals surface area contributed by atoms with Gasteiger partial charge in [-0.25, -0.2) is 4.99 Å². The second kappa shape index (κ2) is 8.20. The molecule has 0 radical (unpaired) electrons. The van der Waals surface area contributed by atoms with Gasteiger partial charge in [-0.05, 0) is 71.3 Å². The third-order valence-corrected chi connectivity index (χ3v) is 5.31. The molecule has 0 atom stereocenters. The lowest BCUT2D eigenvalue weighted by atomic mass is 10.1. The fourth-order valence-electron chi connectivity index (χ4n) is 1.81. The van der Waals surface area contributed by atoms with Gasteiger partial charge in [0.25, 0.3) is 0 Å². The van der Waals surface area contributed by atoms with Crippen molar-refractivity contribution >= 4 is 67.7 Å². The van der Waals surface area contributed by atoms with E-state index in [0.29, 0.717) is 23.8 Å². The summed E-state index contributed by atoms with van der Waals surface area (Å²) < 4.78 is 12.2. The number of rotatable bonds is 4. The lowest BCUT2D eigenvalue weighted by Crippen LogP contribution is -2.06. The van der Waals surface area contributed by atoms with E-state index in [0.717, 1.165) is 25.3 Å². The van der Waals surface area contributed by atoms with Crippen molar-refractivity contribution in [3.8, 4) is 11.5 Å². The molecular formula is C15H14INO4S2. The number of ether oxygens (including phenoxy) is 2. The van der Waals surface area contributed by atoms with Gasteiger partial charge in [0.1, 0.15) is 10.1 Å². The van der Waals surface area contributed by atoms with Crippen LogP contribution in [0.4, 0.5) is 0 Å². The molecule has 1 heterocycles. The van der Waals surface area contributed by atoms with Gasteiger partial charge >= 0.3 is 5.97 Å². The molecule has 0 saturated heterocycles. The Morgan fingerprint density at radius 3 is 2.78 bits per heavy atom. The Bertz CT molecular complexity index is 716. The van der Waals surface area contributed by atoms with Gasteiger partial charge in [0.15, 0.2) is 11.5 Å². The molecule has 0 aliphatic carbocycles. The fraction of sp³-hybridized carbons (Fsp3) is 0.267. The van der Waals surface area contributed by atoms with Crippen LogP contribution in [0.1, 0.15) is 19.4 Å². The first-order valence-electron chi connectivity index (χ1n) is 6.66. The third kappa shape index (κ3) is 4.74. The van der Waals surface area contributed by atoms with Crippen molar-refractivity contribution in [1.82, 2.24) is 0 Å². The number of hydrogen-bond acceptors (Lipinski definition) is 7. The Kier molecular flexibility index (Phi) is 6.54. The number of carbonyl (C=O) groups excluding carboxylic acids is 2. The van der Waals surface area contributed by atoms with Crippen LogP contribution in [0.25, 0.3) is 6.08 Å². The molecule has 0 aromatic heterocycles. The summed E-state index contributed by atoms with van der Waals surface area (Å²) in [6.45, 7) is 3.63. The van der Waals surface area contributed by atoms with E-state index in [9.17, 15) is 9.59 Å². The van der Waals surface area contributed by atoms with Crippen molar-refractivity contribution in [2.24, 2.45) is 4.99 Å². The number of carbonyl (C=O) groups is 2. The van der Waals surface area contributed by atoms with Crippen molar-refractivity contribution in [3.05, 3.63) is 27.0 Å². The average molecular weight is 463 g/mol. The van der Waals surface area contributed by atoms with Crippen LogP contribution in [-0.2, 0) is 9.59 Å². The van der Waals surface area contributed by atoms with E-state index in [-0.39, 0.29) is 5.12 Å². The SMILES string of the molecule is CCOc1cc(/C=C2\N=C(SC)SC2=O)cc(I)c1OC(C)=O. The molecule has 0 N–H and O–H groups in total. The quantitative estimate of drug-likeness (QED) is 0.292. The van der Waals surface area contributed by atoms with E-state index < -0.39 is 5.97 Å². The minimum absolute atomic E-state index is 0.0774. The highest BCUT2D eigenvalue weighted by Crippen LogP contribution is 2.36. The number of esters is 1. The molecule has 1 aliphatic heterocycles. The maximum absolute atomic E-state index is 11.9. The monoisotopic (exact) mass is 463 g/mol. The maximum atomic E-state index is 11.9. The fourth-order valence-corrected chi connectivity index (χ4v) is 3.81. The summed E-state index contributed by atoms with van der Waals surface area (Å²) in [6.07, 6.45) is 3.59. The van der Waals surface area contributed by atoms with E-state index >= 15 is 0 Å². The lowest BCUT2D eigenvalue weighted by Gasteiger charge is -2.12. The molecule has 0 saturated carbocycles. The van der Waals surface area contributed by atoms with Crippen LogP contribution in [0.3, 0.4) is 0 Å². The Morgan fingerprint density at radius 2 is 2.22 bits per heavy atom. The zero-order valence-corrected chi connectivity index (χ0v) is 16.5. The Balaban J connectivity index is 2.43. The Morgan fingerprint density at radius 1 is 1.48 bits per heavy atom. The zero-order valence-electron chi connectivity index (χ0n) is 12.7. The first kappa shape index (κ1) is 18.3. The van der Waals surface area contributed by atoms with Gasteiger partial charge in [-0.2, -0.15) is 0 Å². The molecule has 0 fully saturated rings. The van der Waals surface area contributed by atoms with Crippen LogP contribution in [0.15, 0.2) is 22.8 Å². The summed E-state index contributed by atoms with van der Waals surface area (Å²) in [5, 5.41) is -0.0774. The summed E-state index contributed by atoms with van der Waals surface area (Å²) in [5.74, 6) is 0.447. The summed E-state index contributed by atoms with van der Waals surface area (Å²) in [7, 11) is 0. The molecular weight excluding hydrogens is 449 g/mol. The molecule has 1 aromatic carbocycles. The lowest BCUT2D eigenvalue weighted by molar-refractivity contribution is -0.132. The van der Waals surface area contributed by atoms with Crippen LogP contribution in [0.2, 0.25) is 0 Å². The minimum atomic E-state index is -0.411. The highest BCUT2D eigenvalue weighted by Gasteiger charge is 2.22. The predicted molar refractivity (Wildman–Crippen MR) is 103 cm³/mol. The van der Waals surface area contributed by atoms with Crippen molar-refractivity contribution < 1.29 is 19.1 Å². The summed E-state index contributed by atoms with van der Waals surface area (Å²) in [4.78, 5) is 27.4. The van der Waals surface area contributed by atoms with Gasteiger partial charge in [-0.1, -0.05) is 0 Å². The molecule has 0 bridgehead atoms. The number of nitrogens with zero attached hydrogens (tertiary/aromatic N) is 1. The van der Waals surface area contributed by atoms with Crippen LogP contribution < -0.4 is 9.47 Å². The summed E-state index contributed by atoms with van der Waals surface area (Å²) in [5.41, 5.74) is 1.17. The standard InChI is InChI=1S/C15H14INO4S2/c1-4-20-12-7-9(5-10(16)13(12)21-8(2)18)6-11-14(19)23-15(17-11)22-3/h5-7H,4H2,1-3H3/b11-6-. The van der Waals surface area contributed by atoms with Gasteiger partial charge in [0, 0.05) is 6.92 Å². The first-order valence-corrected chi connectivity index (χ1v) is 9.78. The van der Waals surface area contributed by atoms with Crippen molar-refractivity contribution in [2.75, 3.05) is 12.9 Å². The molecule has 1 aliphatic rings. The summed E-state index contributed by atoms with van der Waals surface area (Å²) >= 11 is 4.64. The molecule has 23 heavy (non-hydrogen) atoms. The predicted octanol–water partition coefficient (Wildman–Crippen LogP) is 3.95. The van der Waals surface area contributed by atoms with E-state index in [1.165, 1.54) is 18.7 Å². The molecule has 0 amide bonds. The molecule has 8 heteroatoms. The normalized spacial score (nSPS) is 15.7. The van der Waals surface area contributed by atoms with E-state index in [1.807, 2.05) is 19.2 Å². The molecule has 0 unspecified atom stereocenters. The molecule has 1 aromatic rings. The van der Waals surface area contributed by atoms with Crippen molar-refractivity contribution in [1.29, 1.82) is 0 Å². The second-order valence-corrected chi connectivity index (χ2v) is 7.53. The van der Waals surface area contributed by atoms with Gasteiger partial charge in [-0.3, -0.25) is 9.59 Å². The largest absolute Gasteiger partial charge is 0.490 e. The molecule has 5 nitrogen and oxygen atoms in total. The van der Waals surface area contributed by atoms with Crippen LogP contribution >= 0.6 is 46.1 Å². The minimum Gasteiger partial charge on any atom is -0.490 e. The Hall–Kier alpha value is -1.00. The summed E-state index contributed by atoms with van der Waals surface area (Å²) in [6, 6.07) is 3.56. The van der Waals surface area contributed by atoms with Gasteiger partial charge in [0.05, 0.1) is 10.2 Å². The average Bonchev–Trinajstić information content (AvgIpc) is 2.83. The number of hydrogen-bond donors (Lipinski definition) is 0. The van der Waals surface area contributed by atoms with E-state index in [4.69, 9.17) is 9.47 Å². The molecule has 122 valence electrons. The van der Waals surface area contributed by atoms with E-state index in [1.54, 1.807) is 12.1 Å². The maximum Gasteiger partial charge on any atom is 0.308 e. The highest BCUT2D eigenvalue weighted by atomic mass is 127. The van der Waals surface area contributed by atoms with Gasteiger partial charge < -0.3 is 9.47 Å². The second-order valence-electron chi connectivity index (χ2n) is 4.36. The van der Waals surface area contributed by atoms with Gasteiger partial charge in [0.2, 0.25) is 5.12 Å². The van der Waals surface area contributed by atoms with Crippen LogP contribution in [0, 0.1) is 3.57 Å².